The van der Waals surface area contributed by atoms with E-state index < -0.39 is 18.0 Å². The summed E-state index contributed by atoms with van der Waals surface area (Å²) in [5.74, 6) is -1.07. The van der Waals surface area contributed by atoms with Crippen LogP contribution < -0.4 is 0 Å². The second-order valence-electron chi connectivity index (χ2n) is 3.86. The minimum atomic E-state index is -0.809. The fraction of sp³-hybridized carbons (Fsp3) is 0.286. The molecule has 4 heteroatoms. The van der Waals surface area contributed by atoms with Gasteiger partial charge in [0.05, 0.1) is 12.7 Å². The van der Waals surface area contributed by atoms with Crippen LogP contribution in [0.3, 0.4) is 0 Å². The summed E-state index contributed by atoms with van der Waals surface area (Å²) in [7, 11) is 1.26. The average Bonchev–Trinajstić information content (AvgIpc) is 2.35. The van der Waals surface area contributed by atoms with Crippen LogP contribution in [-0.4, -0.2) is 19.0 Å². The third-order valence-electron chi connectivity index (χ3n) is 2.52. The highest BCUT2D eigenvalue weighted by atomic mass is 16.6. The molecule has 4 nitrogen and oxygen atoms in total. The van der Waals surface area contributed by atoms with Gasteiger partial charge in [-0.1, -0.05) is 30.8 Å². The molecule has 0 spiro atoms. The van der Waals surface area contributed by atoms with Crippen LogP contribution in [0.2, 0.25) is 0 Å². The number of esters is 2. The topological polar surface area (TPSA) is 52.6 Å². The molecule has 0 heterocycles. The molecule has 0 aliphatic heterocycles. The summed E-state index contributed by atoms with van der Waals surface area (Å²) in [6.07, 6.45) is -0.809. The maximum atomic E-state index is 11.5. The molecule has 18 heavy (non-hydrogen) atoms. The fourth-order valence-corrected chi connectivity index (χ4v) is 1.61. The van der Waals surface area contributed by atoms with Gasteiger partial charge in [0.1, 0.15) is 0 Å². The van der Waals surface area contributed by atoms with Crippen LogP contribution in [0, 0.1) is 6.92 Å². The lowest BCUT2D eigenvalue weighted by Gasteiger charge is -2.20. The van der Waals surface area contributed by atoms with Gasteiger partial charge in [0, 0.05) is 12.5 Å². The molecule has 0 N–H and O–H groups in total. The number of aryl methyl sites for hydroxylation is 1. The number of rotatable bonds is 4. The van der Waals surface area contributed by atoms with Crippen LogP contribution in [0.25, 0.3) is 0 Å². The molecule has 1 aromatic carbocycles. The van der Waals surface area contributed by atoms with Gasteiger partial charge in [0.2, 0.25) is 0 Å². The molecule has 0 amide bonds. The molecule has 0 aliphatic rings. The summed E-state index contributed by atoms with van der Waals surface area (Å²) in [6.45, 7) is 6.80. The van der Waals surface area contributed by atoms with Crippen molar-refractivity contribution in [2.24, 2.45) is 0 Å². The predicted molar refractivity (Wildman–Crippen MR) is 66.8 cm³/mol. The highest BCUT2D eigenvalue weighted by Crippen LogP contribution is 2.28. The zero-order valence-corrected chi connectivity index (χ0v) is 10.7. The van der Waals surface area contributed by atoms with Crippen molar-refractivity contribution in [3.8, 4) is 0 Å². The van der Waals surface area contributed by atoms with Crippen LogP contribution in [0.4, 0.5) is 0 Å². The predicted octanol–water partition coefficient (Wildman–Crippen LogP) is 2.33. The Morgan fingerprint density at radius 1 is 1.28 bits per heavy atom. The zero-order chi connectivity index (χ0) is 13.7. The molecule has 0 aliphatic carbocycles. The van der Waals surface area contributed by atoms with E-state index in [4.69, 9.17) is 4.74 Å². The fourth-order valence-electron chi connectivity index (χ4n) is 1.61. The largest absolute Gasteiger partial charge is 0.466 e. The minimum absolute atomic E-state index is 0.0991. The zero-order valence-electron chi connectivity index (χ0n) is 10.7. The number of ether oxygens (including phenoxy) is 2. The summed E-state index contributed by atoms with van der Waals surface area (Å²) in [4.78, 5) is 22.6. The summed E-state index contributed by atoms with van der Waals surface area (Å²) < 4.78 is 9.77. The van der Waals surface area contributed by atoms with Crippen molar-refractivity contribution in [1.29, 1.82) is 0 Å². The molecule has 96 valence electrons. The first-order chi connectivity index (χ1) is 8.47. The van der Waals surface area contributed by atoms with Crippen LogP contribution in [0.15, 0.2) is 36.4 Å². The number of hydrogen-bond acceptors (Lipinski definition) is 4. The molecular formula is C14H16O4. The standard InChI is InChI=1S/C14H16O4/c1-9-7-5-6-8-12(9)13(18-11(3)15)10(2)14(16)17-4/h5-8,13H,2H2,1,3-4H3. The number of benzene rings is 1. The first-order valence-electron chi connectivity index (χ1n) is 5.47. The van der Waals surface area contributed by atoms with Crippen molar-refractivity contribution in [3.63, 3.8) is 0 Å². The molecule has 1 rings (SSSR count). The summed E-state index contributed by atoms with van der Waals surface area (Å²) in [5.41, 5.74) is 1.74. The Morgan fingerprint density at radius 3 is 2.39 bits per heavy atom. The molecule has 0 aromatic heterocycles. The minimum Gasteiger partial charge on any atom is -0.466 e. The lowest BCUT2D eigenvalue weighted by molar-refractivity contribution is -0.147. The summed E-state index contributed by atoms with van der Waals surface area (Å²) in [6, 6.07) is 7.33. The molecule has 0 bridgehead atoms. The Hall–Kier alpha value is -2.10. The van der Waals surface area contributed by atoms with E-state index in [0.29, 0.717) is 0 Å². The Morgan fingerprint density at radius 2 is 1.89 bits per heavy atom. The number of carbonyl (C=O) groups is 2. The second kappa shape index (κ2) is 6.00. The molecule has 1 atom stereocenters. The Kier molecular flexibility index (Phi) is 4.66. The van der Waals surface area contributed by atoms with Crippen molar-refractivity contribution in [3.05, 3.63) is 47.5 Å². The Labute approximate surface area is 106 Å². The second-order valence-corrected chi connectivity index (χ2v) is 3.86. The van der Waals surface area contributed by atoms with Crippen molar-refractivity contribution in [2.45, 2.75) is 20.0 Å². The molecule has 0 saturated heterocycles. The lowest BCUT2D eigenvalue weighted by Crippen LogP contribution is -2.18. The van der Waals surface area contributed by atoms with E-state index in [1.54, 1.807) is 6.07 Å². The van der Waals surface area contributed by atoms with Crippen molar-refractivity contribution in [2.75, 3.05) is 7.11 Å². The third kappa shape index (κ3) is 3.20. The molecule has 0 fully saturated rings. The van der Waals surface area contributed by atoms with E-state index in [2.05, 4.69) is 11.3 Å². The van der Waals surface area contributed by atoms with Gasteiger partial charge in [0.25, 0.3) is 0 Å². The molecule has 0 radical (unpaired) electrons. The first-order valence-corrected chi connectivity index (χ1v) is 5.47. The number of hydrogen-bond donors (Lipinski definition) is 0. The Balaban J connectivity index is 3.14. The van der Waals surface area contributed by atoms with Gasteiger partial charge in [-0.2, -0.15) is 0 Å². The first kappa shape index (κ1) is 14.0. The maximum Gasteiger partial charge on any atom is 0.337 e. The van der Waals surface area contributed by atoms with Gasteiger partial charge in [-0.05, 0) is 12.5 Å². The number of methoxy groups -OCH3 is 1. The van der Waals surface area contributed by atoms with E-state index in [1.807, 2.05) is 25.1 Å². The van der Waals surface area contributed by atoms with Gasteiger partial charge < -0.3 is 9.47 Å². The highest BCUT2D eigenvalue weighted by Gasteiger charge is 2.25. The quantitative estimate of drug-likeness (QED) is 0.606. The smallest absolute Gasteiger partial charge is 0.337 e. The Bertz CT molecular complexity index is 476. The van der Waals surface area contributed by atoms with Gasteiger partial charge in [-0.3, -0.25) is 4.79 Å². The molecule has 1 unspecified atom stereocenters. The van der Waals surface area contributed by atoms with Crippen molar-refractivity contribution < 1.29 is 19.1 Å². The van der Waals surface area contributed by atoms with Crippen LogP contribution in [-0.2, 0) is 19.1 Å². The third-order valence-corrected chi connectivity index (χ3v) is 2.52. The van der Waals surface area contributed by atoms with E-state index in [1.165, 1.54) is 14.0 Å². The summed E-state index contributed by atoms with van der Waals surface area (Å²) >= 11 is 0. The van der Waals surface area contributed by atoms with E-state index in [0.717, 1.165) is 11.1 Å². The van der Waals surface area contributed by atoms with E-state index in [-0.39, 0.29) is 5.57 Å². The van der Waals surface area contributed by atoms with Crippen LogP contribution >= 0.6 is 0 Å². The van der Waals surface area contributed by atoms with Crippen LogP contribution in [0.5, 0.6) is 0 Å². The van der Waals surface area contributed by atoms with Crippen LogP contribution in [0.1, 0.15) is 24.2 Å². The maximum absolute atomic E-state index is 11.5. The lowest BCUT2D eigenvalue weighted by atomic mass is 9.98. The average molecular weight is 248 g/mol. The monoisotopic (exact) mass is 248 g/mol. The van der Waals surface area contributed by atoms with Crippen molar-refractivity contribution in [1.82, 2.24) is 0 Å². The van der Waals surface area contributed by atoms with Gasteiger partial charge in [-0.25, -0.2) is 4.79 Å². The van der Waals surface area contributed by atoms with Gasteiger partial charge in [0.15, 0.2) is 6.10 Å². The molecule has 0 saturated carbocycles. The highest BCUT2D eigenvalue weighted by molar-refractivity contribution is 5.89. The van der Waals surface area contributed by atoms with Gasteiger partial charge in [-0.15, -0.1) is 0 Å². The molecular weight excluding hydrogens is 232 g/mol. The normalized spacial score (nSPS) is 11.5. The summed E-state index contributed by atoms with van der Waals surface area (Å²) in [5, 5.41) is 0. The SMILES string of the molecule is C=C(C(=O)OC)C(OC(C)=O)c1ccccc1C. The number of carbonyl (C=O) groups excluding carboxylic acids is 2. The van der Waals surface area contributed by atoms with E-state index >= 15 is 0 Å². The molecule has 1 aromatic rings. The van der Waals surface area contributed by atoms with Crippen molar-refractivity contribution >= 4 is 11.9 Å². The van der Waals surface area contributed by atoms with Gasteiger partial charge >= 0.3 is 11.9 Å². The van der Waals surface area contributed by atoms with E-state index in [9.17, 15) is 9.59 Å².